The van der Waals surface area contributed by atoms with Crippen LogP contribution in [-0.2, 0) is 0 Å². The van der Waals surface area contributed by atoms with Crippen LogP contribution in [0.1, 0.15) is 0 Å². The van der Waals surface area contributed by atoms with Crippen LogP contribution in [0.15, 0.2) is 30.3 Å². The van der Waals surface area contributed by atoms with Gasteiger partial charge < -0.3 is 0 Å². The van der Waals surface area contributed by atoms with E-state index in [1.165, 1.54) is 7.81 Å². The molecule has 0 nitrogen and oxygen atoms in total. The maximum Gasteiger partial charge on any atom is 0.129 e. The minimum absolute atomic E-state index is 0.951. The first-order chi connectivity index (χ1) is 3.93. The van der Waals surface area contributed by atoms with E-state index in [-0.39, 0.29) is 0 Å². The maximum atomic E-state index is 6.82. The fourth-order valence-electron chi connectivity index (χ4n) is 0.453. The first kappa shape index (κ1) is 3.31. The zero-order valence-electron chi connectivity index (χ0n) is 4.96. The summed E-state index contributed by atoms with van der Waals surface area (Å²) in [4.78, 5) is 0. The van der Waals surface area contributed by atoms with Crippen molar-refractivity contribution < 1.29 is 0 Å². The number of hydrogen-bond acceptors (Lipinski definition) is 0. The fraction of sp³-hybridized carbons (Fsp3) is 0. The topological polar surface area (TPSA) is 0 Å². The third-order valence-corrected chi connectivity index (χ3v) is 0.800. The van der Waals surface area contributed by atoms with Crippen LogP contribution in [0.2, 0.25) is 0 Å². The second kappa shape index (κ2) is 1.83. The molecule has 0 aliphatic rings. The highest BCUT2D eigenvalue weighted by Gasteiger charge is 1.72. The molecule has 0 spiro atoms. The van der Waals surface area contributed by atoms with Crippen LogP contribution < -0.4 is 5.46 Å². The van der Waals surface area contributed by atoms with E-state index in [9.17, 15) is 0 Å². The van der Waals surface area contributed by atoms with Crippen molar-refractivity contribution in [2.24, 2.45) is 0 Å². The molecule has 1 radical (unpaired) electrons. The van der Waals surface area contributed by atoms with Crippen molar-refractivity contribution in [3.05, 3.63) is 30.3 Å². The predicted molar refractivity (Wildman–Crippen MR) is 33.2 cm³/mol. The van der Waals surface area contributed by atoms with Crippen molar-refractivity contribution in [3.8, 4) is 0 Å². The molecule has 33 valence electrons. The average molecular weight is 88.9 g/mol. The van der Waals surface area contributed by atoms with E-state index in [1.54, 1.807) is 0 Å². The molecule has 0 fully saturated rings. The molecule has 1 aromatic rings. The Morgan fingerprint density at radius 1 is 1.29 bits per heavy atom. The predicted octanol–water partition coefficient (Wildman–Crippen LogP) is 0.213. The first-order valence-corrected chi connectivity index (χ1v) is 2.20. The normalized spacial score (nSPS) is 10.0. The van der Waals surface area contributed by atoms with E-state index in [0.29, 0.717) is 0 Å². The maximum absolute atomic E-state index is 6.82. The standard InChI is InChI=1S/C6H6B/c7-6-4-2-1-3-5-6/h1-5,7H/i7H. The Morgan fingerprint density at radius 2 is 2.00 bits per heavy atom. The molecule has 0 saturated heterocycles. The molecule has 0 N–H and O–H groups in total. The lowest BCUT2D eigenvalue weighted by Crippen LogP contribution is -1.97. The molecule has 0 unspecified atom stereocenters. The van der Waals surface area contributed by atoms with Gasteiger partial charge >= 0.3 is 0 Å². The summed E-state index contributed by atoms with van der Waals surface area (Å²) in [5.41, 5.74) is 0.951. The summed E-state index contributed by atoms with van der Waals surface area (Å²) in [6.07, 6.45) is 0. The van der Waals surface area contributed by atoms with Crippen molar-refractivity contribution in [1.82, 2.24) is 0 Å². The average Bonchev–Trinajstić information content (AvgIpc) is 1.90. The summed E-state index contributed by atoms with van der Waals surface area (Å²) in [6, 6.07) is 9.56. The lowest BCUT2D eigenvalue weighted by molar-refractivity contribution is 1.78. The highest BCUT2D eigenvalue weighted by molar-refractivity contribution is 6.32. The molecule has 0 aliphatic heterocycles. The Morgan fingerprint density at radius 3 is 2.43 bits per heavy atom. The van der Waals surface area contributed by atoms with Crippen LogP contribution in [0.3, 0.4) is 0 Å². The van der Waals surface area contributed by atoms with Crippen molar-refractivity contribution >= 4 is 13.3 Å². The second-order valence-electron chi connectivity index (χ2n) is 1.41. The first-order valence-electron chi connectivity index (χ1n) is 2.78. The molecule has 0 aromatic heterocycles. The van der Waals surface area contributed by atoms with Gasteiger partial charge in [0.05, 0.1) is 0 Å². The van der Waals surface area contributed by atoms with Gasteiger partial charge in [0.1, 0.15) is 7.81 Å². The van der Waals surface area contributed by atoms with Crippen LogP contribution in [0.5, 0.6) is 0 Å². The molecule has 7 heavy (non-hydrogen) atoms. The van der Waals surface area contributed by atoms with Crippen molar-refractivity contribution in [2.45, 2.75) is 0 Å². The number of rotatable bonds is 1. The molecule has 0 saturated carbocycles. The van der Waals surface area contributed by atoms with Gasteiger partial charge in [-0.05, 0) is 1.34 Å². The molecule has 0 aliphatic carbocycles. The monoisotopic (exact) mass is 89.1 g/mol. The summed E-state index contributed by atoms with van der Waals surface area (Å²) in [7, 11) is 1.33. The minimum Gasteiger partial charge on any atom is -0.0926 e. The molecule has 1 aromatic carbocycles. The van der Waals surface area contributed by atoms with E-state index < -0.39 is 0 Å². The van der Waals surface area contributed by atoms with Crippen LogP contribution >= 0.6 is 0 Å². The summed E-state index contributed by atoms with van der Waals surface area (Å²) in [6.45, 7) is 0. The Hall–Kier alpha value is -0.715. The highest BCUT2D eigenvalue weighted by atomic mass is 13.7. The molecular weight excluding hydrogens is 82.9 g/mol. The van der Waals surface area contributed by atoms with Crippen LogP contribution in [0.25, 0.3) is 0 Å². The molecule has 1 rings (SSSR count). The smallest absolute Gasteiger partial charge is 0.0926 e. The fourth-order valence-corrected chi connectivity index (χ4v) is 0.453. The van der Waals surface area contributed by atoms with Gasteiger partial charge in [0, 0.05) is 0 Å². The Kier molecular flexibility index (Phi) is 0.864. The molecule has 0 bridgehead atoms. The van der Waals surface area contributed by atoms with E-state index >= 15 is 0 Å². The third-order valence-electron chi connectivity index (χ3n) is 0.800. The molecular formula is C6H6B. The molecule has 0 heterocycles. The number of benzene rings is 1. The largest absolute Gasteiger partial charge is 0.129 e. The Labute approximate surface area is 45.9 Å². The summed E-state index contributed by atoms with van der Waals surface area (Å²) in [5, 5.41) is 0. The summed E-state index contributed by atoms with van der Waals surface area (Å²) >= 11 is 0. The lowest BCUT2D eigenvalue weighted by Gasteiger charge is -1.82. The summed E-state index contributed by atoms with van der Waals surface area (Å²) < 4.78 is 6.82. The van der Waals surface area contributed by atoms with E-state index in [1.807, 2.05) is 30.3 Å². The van der Waals surface area contributed by atoms with Gasteiger partial charge in [0.25, 0.3) is 0 Å². The van der Waals surface area contributed by atoms with Gasteiger partial charge in [0.2, 0.25) is 0 Å². The molecule has 0 atom stereocenters. The van der Waals surface area contributed by atoms with Crippen molar-refractivity contribution in [1.29, 1.82) is 1.34 Å². The zero-order chi connectivity index (χ0) is 5.82. The lowest BCUT2D eigenvalue weighted by atomic mass is 9.97. The Bertz CT molecular complexity index is 150. The minimum atomic E-state index is 0.951. The molecule has 0 amide bonds. The van der Waals surface area contributed by atoms with Crippen molar-refractivity contribution in [3.63, 3.8) is 0 Å². The Balaban J connectivity index is 2.83. The quantitative estimate of drug-likeness (QED) is 0.431. The van der Waals surface area contributed by atoms with Gasteiger partial charge in [0.15, 0.2) is 0 Å². The van der Waals surface area contributed by atoms with Crippen molar-refractivity contribution in [2.75, 3.05) is 0 Å². The van der Waals surface area contributed by atoms with Gasteiger partial charge in [-0.1, -0.05) is 35.8 Å². The van der Waals surface area contributed by atoms with Gasteiger partial charge in [-0.2, -0.15) is 0 Å². The van der Waals surface area contributed by atoms with Gasteiger partial charge in [-0.15, -0.1) is 0 Å². The van der Waals surface area contributed by atoms with Crippen LogP contribution in [0.4, 0.5) is 0 Å². The second-order valence-corrected chi connectivity index (χ2v) is 1.41. The highest BCUT2D eigenvalue weighted by Crippen LogP contribution is 1.76. The zero-order valence-corrected chi connectivity index (χ0v) is 3.96. The van der Waals surface area contributed by atoms with Gasteiger partial charge in [-0.25, -0.2) is 0 Å². The van der Waals surface area contributed by atoms with E-state index in [4.69, 9.17) is 1.34 Å². The van der Waals surface area contributed by atoms with Crippen LogP contribution in [-0.4, -0.2) is 9.15 Å². The van der Waals surface area contributed by atoms with E-state index in [0.717, 1.165) is 5.46 Å². The number of hydrogen-bond donors (Lipinski definition) is 0. The van der Waals surface area contributed by atoms with Crippen LogP contribution in [0, 0.1) is 0 Å². The third kappa shape index (κ3) is 1.07. The van der Waals surface area contributed by atoms with E-state index in [2.05, 4.69) is 0 Å². The molecule has 1 heteroatoms. The summed E-state index contributed by atoms with van der Waals surface area (Å²) in [5.74, 6) is 0. The van der Waals surface area contributed by atoms with Gasteiger partial charge in [-0.3, -0.25) is 0 Å². The SMILES string of the molecule is [1H][B]c1ccccc1.